The molecule has 0 bridgehead atoms. The van der Waals surface area contributed by atoms with Gasteiger partial charge in [-0.25, -0.2) is 0 Å². The fraction of sp³-hybridized carbons (Fsp3) is 0.250. The smallest absolute Gasteiger partial charge is 0.305 e. The topological polar surface area (TPSA) is 80.0 Å². The van der Waals surface area contributed by atoms with Crippen LogP contribution in [-0.4, -0.2) is 35.5 Å². The highest BCUT2D eigenvalue weighted by Crippen LogP contribution is 2.19. The molecule has 7 heteroatoms. The number of nitrogens with zero attached hydrogens (tertiary/aromatic N) is 1. The fourth-order valence-electron chi connectivity index (χ4n) is 1.83. The van der Waals surface area contributed by atoms with Gasteiger partial charge in [0.2, 0.25) is 0 Å². The molecule has 0 unspecified atom stereocenters. The van der Waals surface area contributed by atoms with E-state index in [9.17, 15) is 9.59 Å². The lowest BCUT2D eigenvalue weighted by atomic mass is 10.3. The van der Waals surface area contributed by atoms with E-state index in [0.717, 1.165) is 4.47 Å². The third-order valence-electron chi connectivity index (χ3n) is 3.06. The second kappa shape index (κ2) is 7.82. The van der Waals surface area contributed by atoms with Crippen LogP contribution in [0.15, 0.2) is 45.3 Å². The summed E-state index contributed by atoms with van der Waals surface area (Å²) in [7, 11) is 1.53. The Bertz CT molecular complexity index is 697. The molecule has 0 atom stereocenters. The van der Waals surface area contributed by atoms with Gasteiger partial charge in [-0.15, -0.1) is 0 Å². The maximum absolute atomic E-state index is 12.1. The van der Waals surface area contributed by atoms with E-state index >= 15 is 0 Å². The van der Waals surface area contributed by atoms with Crippen molar-refractivity contribution in [3.63, 3.8) is 0 Å². The third kappa shape index (κ3) is 5.14. The summed E-state index contributed by atoms with van der Waals surface area (Å²) in [5.74, 6) is 0.0417. The lowest BCUT2D eigenvalue weighted by Gasteiger charge is -2.13. The Balaban J connectivity index is 1.92. The Morgan fingerprint density at radius 3 is 2.78 bits per heavy atom. The summed E-state index contributed by atoms with van der Waals surface area (Å²) in [6.45, 7) is 0.321. The van der Waals surface area contributed by atoms with Gasteiger partial charge in [-0.1, -0.05) is 22.0 Å². The van der Waals surface area contributed by atoms with E-state index in [2.05, 4.69) is 15.9 Å². The van der Waals surface area contributed by atoms with Crippen LogP contribution in [-0.2, 0) is 11.4 Å². The van der Waals surface area contributed by atoms with E-state index in [4.69, 9.17) is 14.3 Å². The minimum absolute atomic E-state index is 0.109. The highest BCUT2D eigenvalue weighted by atomic mass is 79.9. The molecule has 2 rings (SSSR count). The molecule has 1 heterocycles. The zero-order valence-electron chi connectivity index (χ0n) is 12.5. The number of halogens is 1. The van der Waals surface area contributed by atoms with Gasteiger partial charge in [0, 0.05) is 18.1 Å². The molecule has 0 aliphatic heterocycles. The molecule has 0 radical (unpaired) electrons. The Kier molecular flexibility index (Phi) is 5.81. The van der Waals surface area contributed by atoms with E-state index in [0.29, 0.717) is 11.5 Å². The maximum Gasteiger partial charge on any atom is 0.305 e. The number of rotatable bonds is 7. The first-order valence-corrected chi connectivity index (χ1v) is 7.69. The van der Waals surface area contributed by atoms with Crippen LogP contribution in [0.4, 0.5) is 0 Å². The molecule has 1 N–H and O–H groups in total. The van der Waals surface area contributed by atoms with Gasteiger partial charge in [-0.2, -0.15) is 0 Å². The third-order valence-corrected chi connectivity index (χ3v) is 3.55. The summed E-state index contributed by atoms with van der Waals surface area (Å²) in [6.07, 6.45) is -0.109. The normalized spacial score (nSPS) is 10.3. The minimum Gasteiger partial charge on any atom is -0.486 e. The summed E-state index contributed by atoms with van der Waals surface area (Å²) in [5.41, 5.74) is 0. The summed E-state index contributed by atoms with van der Waals surface area (Å²) in [5, 5.41) is 8.64. The summed E-state index contributed by atoms with van der Waals surface area (Å²) in [4.78, 5) is 23.9. The molecule has 6 nitrogen and oxygen atoms in total. The van der Waals surface area contributed by atoms with E-state index in [-0.39, 0.29) is 31.2 Å². The van der Waals surface area contributed by atoms with Crippen molar-refractivity contribution in [2.24, 2.45) is 0 Å². The highest BCUT2D eigenvalue weighted by molar-refractivity contribution is 9.10. The zero-order chi connectivity index (χ0) is 16.8. The zero-order valence-corrected chi connectivity index (χ0v) is 14.1. The Morgan fingerprint density at radius 1 is 1.30 bits per heavy atom. The van der Waals surface area contributed by atoms with Crippen LogP contribution in [0.1, 0.15) is 22.7 Å². The lowest BCUT2D eigenvalue weighted by Crippen LogP contribution is -2.28. The maximum atomic E-state index is 12.1. The average Bonchev–Trinajstić information content (AvgIpc) is 2.99. The Morgan fingerprint density at radius 2 is 2.09 bits per heavy atom. The first-order valence-electron chi connectivity index (χ1n) is 6.90. The van der Waals surface area contributed by atoms with E-state index < -0.39 is 5.97 Å². The molecule has 0 aliphatic carbocycles. The van der Waals surface area contributed by atoms with Gasteiger partial charge in [0.05, 0.1) is 6.42 Å². The van der Waals surface area contributed by atoms with Crippen molar-refractivity contribution in [3.8, 4) is 5.75 Å². The number of carbonyl (C=O) groups excluding carboxylic acids is 1. The van der Waals surface area contributed by atoms with Gasteiger partial charge in [-0.3, -0.25) is 9.59 Å². The van der Waals surface area contributed by atoms with Crippen molar-refractivity contribution in [2.75, 3.05) is 13.6 Å². The predicted octanol–water partition coefficient (Wildman–Crippen LogP) is 3.17. The van der Waals surface area contributed by atoms with Crippen LogP contribution in [0.2, 0.25) is 0 Å². The summed E-state index contributed by atoms with van der Waals surface area (Å²) >= 11 is 3.36. The quantitative estimate of drug-likeness (QED) is 0.796. The van der Waals surface area contributed by atoms with E-state index in [1.54, 1.807) is 12.1 Å². The molecular weight excluding hydrogens is 366 g/mol. The van der Waals surface area contributed by atoms with Gasteiger partial charge in [0.25, 0.3) is 5.91 Å². The second-order valence-electron chi connectivity index (χ2n) is 4.88. The van der Waals surface area contributed by atoms with Crippen molar-refractivity contribution in [3.05, 3.63) is 52.4 Å². The molecule has 122 valence electrons. The molecule has 1 amide bonds. The summed E-state index contributed by atoms with van der Waals surface area (Å²) < 4.78 is 11.9. The van der Waals surface area contributed by atoms with Crippen LogP contribution >= 0.6 is 15.9 Å². The molecule has 0 spiro atoms. The number of amides is 1. The fourth-order valence-corrected chi connectivity index (χ4v) is 2.21. The number of carboxylic acid groups (broad SMARTS) is 1. The molecule has 23 heavy (non-hydrogen) atoms. The van der Waals surface area contributed by atoms with Crippen LogP contribution in [0.25, 0.3) is 0 Å². The molecule has 0 aliphatic rings. The number of benzene rings is 1. The Hall–Kier alpha value is -2.28. The second-order valence-corrected chi connectivity index (χ2v) is 5.80. The molecule has 2 aromatic rings. The van der Waals surface area contributed by atoms with Crippen LogP contribution in [0.5, 0.6) is 5.75 Å². The largest absolute Gasteiger partial charge is 0.486 e. The van der Waals surface area contributed by atoms with Crippen molar-refractivity contribution < 1.29 is 23.8 Å². The van der Waals surface area contributed by atoms with Crippen LogP contribution < -0.4 is 4.74 Å². The number of furan rings is 1. The predicted molar refractivity (Wildman–Crippen MR) is 86.4 cm³/mol. The SMILES string of the molecule is CN(CCC(=O)O)C(=O)c1ccc(COc2cccc(Br)c2)o1. The van der Waals surface area contributed by atoms with E-state index in [1.165, 1.54) is 11.9 Å². The Labute approximate surface area is 141 Å². The standard InChI is InChI=1S/C16H16BrNO5/c1-18(8-7-15(19)20)16(21)14-6-5-13(23-14)10-22-12-4-2-3-11(17)9-12/h2-6,9H,7-8,10H2,1H3,(H,19,20). The lowest BCUT2D eigenvalue weighted by molar-refractivity contribution is -0.137. The number of ether oxygens (including phenoxy) is 1. The highest BCUT2D eigenvalue weighted by Gasteiger charge is 2.16. The van der Waals surface area contributed by atoms with Gasteiger partial charge >= 0.3 is 5.97 Å². The molecular formula is C16H16BrNO5. The number of aliphatic carboxylic acids is 1. The number of hydrogen-bond donors (Lipinski definition) is 1. The molecule has 0 fully saturated rings. The first-order chi connectivity index (χ1) is 11.0. The minimum atomic E-state index is -0.952. The molecule has 0 saturated heterocycles. The number of carboxylic acids is 1. The first kappa shape index (κ1) is 17.1. The van der Waals surface area contributed by atoms with Crippen molar-refractivity contribution in [2.45, 2.75) is 13.0 Å². The van der Waals surface area contributed by atoms with Gasteiger partial charge in [0.15, 0.2) is 5.76 Å². The van der Waals surface area contributed by atoms with Gasteiger partial charge in [0.1, 0.15) is 18.1 Å². The van der Waals surface area contributed by atoms with E-state index in [1.807, 2.05) is 24.3 Å². The number of carbonyl (C=O) groups is 2. The van der Waals surface area contributed by atoms with Crippen molar-refractivity contribution in [1.82, 2.24) is 4.90 Å². The monoisotopic (exact) mass is 381 g/mol. The van der Waals surface area contributed by atoms with Crippen LogP contribution in [0, 0.1) is 0 Å². The summed E-state index contributed by atoms with van der Waals surface area (Å²) in [6, 6.07) is 10.6. The van der Waals surface area contributed by atoms with Crippen molar-refractivity contribution in [1.29, 1.82) is 0 Å². The number of hydrogen-bond acceptors (Lipinski definition) is 4. The van der Waals surface area contributed by atoms with Crippen molar-refractivity contribution >= 4 is 27.8 Å². The molecule has 0 saturated carbocycles. The molecule has 1 aromatic carbocycles. The van der Waals surface area contributed by atoms with Crippen LogP contribution in [0.3, 0.4) is 0 Å². The molecule has 1 aromatic heterocycles. The van der Waals surface area contributed by atoms with Gasteiger partial charge < -0.3 is 19.2 Å². The average molecular weight is 382 g/mol. The van der Waals surface area contributed by atoms with Gasteiger partial charge in [-0.05, 0) is 30.3 Å².